The van der Waals surface area contributed by atoms with Crippen molar-refractivity contribution in [1.82, 2.24) is 4.90 Å². The molecule has 23 heavy (non-hydrogen) atoms. The van der Waals surface area contributed by atoms with Gasteiger partial charge in [-0.3, -0.25) is 4.99 Å². The van der Waals surface area contributed by atoms with Crippen LogP contribution in [0.15, 0.2) is 41.4 Å². The van der Waals surface area contributed by atoms with E-state index in [9.17, 15) is 10.2 Å². The fraction of sp³-hybridized carbons (Fsp3) is 0.235. The number of aromatic hydroxyl groups is 2. The Balaban J connectivity index is 0.00000192. The number of phenols is 2. The van der Waals surface area contributed by atoms with Gasteiger partial charge in [0.1, 0.15) is 11.9 Å². The van der Waals surface area contributed by atoms with E-state index in [1.54, 1.807) is 12.1 Å². The van der Waals surface area contributed by atoms with E-state index in [1.165, 1.54) is 0 Å². The molecule has 1 aliphatic heterocycles. The number of benzene rings is 2. The van der Waals surface area contributed by atoms with Gasteiger partial charge in [-0.1, -0.05) is 23.7 Å². The van der Waals surface area contributed by atoms with Crippen molar-refractivity contribution in [3.8, 4) is 11.5 Å². The number of hydrogen-bond acceptors (Lipinski definition) is 4. The first-order valence-electron chi connectivity index (χ1n) is 7.00. The molecule has 0 amide bonds. The smallest absolute Gasteiger partial charge is 0.157 e. The van der Waals surface area contributed by atoms with E-state index in [-0.39, 0.29) is 34.5 Å². The molecule has 0 bridgehead atoms. The Morgan fingerprint density at radius 1 is 1.09 bits per heavy atom. The SMILES string of the molecule is Br.CN(C)C1=NC(c2ccc(Cl)cc2)c2cc(O)c(O)cc2C1. The second kappa shape index (κ2) is 6.81. The molecule has 0 aliphatic carbocycles. The van der Waals surface area contributed by atoms with Gasteiger partial charge >= 0.3 is 0 Å². The fourth-order valence-corrected chi connectivity index (χ4v) is 2.78. The maximum absolute atomic E-state index is 9.83. The van der Waals surface area contributed by atoms with E-state index < -0.39 is 0 Å². The lowest BCUT2D eigenvalue weighted by Gasteiger charge is -2.28. The first-order chi connectivity index (χ1) is 10.5. The molecule has 3 rings (SSSR count). The van der Waals surface area contributed by atoms with Crippen molar-refractivity contribution >= 4 is 34.4 Å². The van der Waals surface area contributed by atoms with Crippen molar-refractivity contribution in [2.24, 2.45) is 4.99 Å². The monoisotopic (exact) mass is 396 g/mol. The summed E-state index contributed by atoms with van der Waals surface area (Å²) >= 11 is 5.96. The number of fused-ring (bicyclic) bond motifs is 1. The molecule has 0 aromatic heterocycles. The van der Waals surface area contributed by atoms with E-state index in [4.69, 9.17) is 16.6 Å². The summed E-state index contributed by atoms with van der Waals surface area (Å²) in [5, 5.41) is 20.3. The molecule has 1 unspecified atom stereocenters. The zero-order chi connectivity index (χ0) is 15.9. The summed E-state index contributed by atoms with van der Waals surface area (Å²) in [6.07, 6.45) is 0.625. The lowest BCUT2D eigenvalue weighted by atomic mass is 9.90. The van der Waals surface area contributed by atoms with Gasteiger partial charge in [-0.15, -0.1) is 17.0 Å². The molecule has 0 fully saturated rings. The van der Waals surface area contributed by atoms with Crippen LogP contribution in [0.2, 0.25) is 5.02 Å². The van der Waals surface area contributed by atoms with E-state index in [1.807, 2.05) is 43.3 Å². The summed E-state index contributed by atoms with van der Waals surface area (Å²) < 4.78 is 0. The van der Waals surface area contributed by atoms with E-state index >= 15 is 0 Å². The van der Waals surface area contributed by atoms with Crippen molar-refractivity contribution in [2.75, 3.05) is 14.1 Å². The van der Waals surface area contributed by atoms with Crippen molar-refractivity contribution in [2.45, 2.75) is 12.5 Å². The number of likely N-dealkylation sites (N-methyl/N-ethyl adjacent to an activating group) is 1. The summed E-state index contributed by atoms with van der Waals surface area (Å²) in [7, 11) is 3.89. The van der Waals surface area contributed by atoms with Crippen molar-refractivity contribution < 1.29 is 10.2 Å². The predicted octanol–water partition coefficient (Wildman–Crippen LogP) is 3.93. The maximum atomic E-state index is 9.83. The summed E-state index contributed by atoms with van der Waals surface area (Å²) in [5.41, 5.74) is 2.87. The number of aliphatic imine (C=N–C) groups is 1. The molecule has 2 aromatic carbocycles. The highest BCUT2D eigenvalue weighted by molar-refractivity contribution is 8.93. The molecule has 0 saturated carbocycles. The topological polar surface area (TPSA) is 56.1 Å². The molecule has 1 aliphatic rings. The van der Waals surface area contributed by atoms with E-state index in [0.717, 1.165) is 22.5 Å². The largest absolute Gasteiger partial charge is 0.504 e. The van der Waals surface area contributed by atoms with Gasteiger partial charge in [-0.25, -0.2) is 0 Å². The number of amidine groups is 1. The van der Waals surface area contributed by atoms with Crippen LogP contribution >= 0.6 is 28.6 Å². The Kier molecular flexibility index (Phi) is 5.22. The molecular formula is C17H18BrClN2O2. The molecule has 4 nitrogen and oxygen atoms in total. The third-order valence-electron chi connectivity index (χ3n) is 3.86. The van der Waals surface area contributed by atoms with Gasteiger partial charge in [0, 0.05) is 25.5 Å². The Morgan fingerprint density at radius 3 is 2.30 bits per heavy atom. The van der Waals surface area contributed by atoms with Crippen molar-refractivity contribution in [3.63, 3.8) is 0 Å². The molecule has 1 heterocycles. The Labute approximate surface area is 150 Å². The Morgan fingerprint density at radius 2 is 1.70 bits per heavy atom. The highest BCUT2D eigenvalue weighted by Crippen LogP contribution is 2.39. The zero-order valence-corrected chi connectivity index (χ0v) is 15.3. The number of phenolic OH excluding ortho intramolecular Hbond substituents is 2. The lowest BCUT2D eigenvalue weighted by molar-refractivity contribution is 0.402. The number of nitrogens with zero attached hydrogens (tertiary/aromatic N) is 2. The first-order valence-corrected chi connectivity index (χ1v) is 7.37. The summed E-state index contributed by atoms with van der Waals surface area (Å²) in [6, 6.07) is 10.5. The minimum atomic E-state index is -0.218. The van der Waals surface area contributed by atoms with Gasteiger partial charge in [0.25, 0.3) is 0 Å². The van der Waals surface area contributed by atoms with Crippen LogP contribution in [0.25, 0.3) is 0 Å². The van der Waals surface area contributed by atoms with Crippen LogP contribution in [0.5, 0.6) is 11.5 Å². The average molecular weight is 398 g/mol. The van der Waals surface area contributed by atoms with Crippen LogP contribution in [0.1, 0.15) is 22.7 Å². The maximum Gasteiger partial charge on any atom is 0.157 e. The first kappa shape index (κ1) is 17.6. The number of halogens is 2. The summed E-state index contributed by atoms with van der Waals surface area (Å²) in [5.74, 6) is 0.701. The van der Waals surface area contributed by atoms with Crippen molar-refractivity contribution in [3.05, 3.63) is 58.1 Å². The molecule has 6 heteroatoms. The minimum Gasteiger partial charge on any atom is -0.504 e. The second-order valence-electron chi connectivity index (χ2n) is 5.61. The standard InChI is InChI=1S/C17H17ClN2O2.BrH/c1-20(2)16-8-11-7-14(21)15(22)9-13(11)17(19-16)10-3-5-12(18)6-4-10;/h3-7,9,17,21-22H,8H2,1-2H3;1H. The normalized spacial score (nSPS) is 16.1. The predicted molar refractivity (Wildman–Crippen MR) is 98.2 cm³/mol. The van der Waals surface area contributed by atoms with Crippen molar-refractivity contribution in [1.29, 1.82) is 0 Å². The Hall–Kier alpha value is -1.72. The van der Waals surface area contributed by atoms with Crippen LogP contribution in [0, 0.1) is 0 Å². The second-order valence-corrected chi connectivity index (χ2v) is 6.05. The third-order valence-corrected chi connectivity index (χ3v) is 4.11. The molecule has 0 spiro atoms. The molecule has 0 radical (unpaired) electrons. The number of rotatable bonds is 1. The van der Waals surface area contributed by atoms with Gasteiger partial charge in [0.05, 0.1) is 0 Å². The van der Waals surface area contributed by atoms with Crippen LogP contribution < -0.4 is 0 Å². The summed E-state index contributed by atoms with van der Waals surface area (Å²) in [6.45, 7) is 0. The van der Waals surface area contributed by atoms with Gasteiger partial charge in [-0.2, -0.15) is 0 Å². The zero-order valence-electron chi connectivity index (χ0n) is 12.8. The van der Waals surface area contributed by atoms with E-state index in [2.05, 4.69) is 0 Å². The molecule has 2 N–H and O–H groups in total. The van der Waals surface area contributed by atoms with Crippen LogP contribution in [0.3, 0.4) is 0 Å². The van der Waals surface area contributed by atoms with Gasteiger partial charge in [-0.05, 0) is 41.0 Å². The van der Waals surface area contributed by atoms with Crippen LogP contribution in [0.4, 0.5) is 0 Å². The van der Waals surface area contributed by atoms with Crippen LogP contribution in [-0.4, -0.2) is 35.0 Å². The minimum absolute atomic E-state index is 0. The molecule has 0 saturated heterocycles. The highest BCUT2D eigenvalue weighted by atomic mass is 79.9. The molecule has 122 valence electrons. The Bertz CT molecular complexity index is 745. The fourth-order valence-electron chi connectivity index (χ4n) is 2.65. The molecular weight excluding hydrogens is 380 g/mol. The molecule has 2 aromatic rings. The average Bonchev–Trinajstić information content (AvgIpc) is 2.48. The highest BCUT2D eigenvalue weighted by Gasteiger charge is 2.25. The van der Waals surface area contributed by atoms with Gasteiger partial charge in [0.15, 0.2) is 11.5 Å². The van der Waals surface area contributed by atoms with Crippen LogP contribution in [-0.2, 0) is 6.42 Å². The van der Waals surface area contributed by atoms with E-state index in [0.29, 0.717) is 11.4 Å². The lowest BCUT2D eigenvalue weighted by Crippen LogP contribution is -2.28. The quantitative estimate of drug-likeness (QED) is 0.717. The summed E-state index contributed by atoms with van der Waals surface area (Å²) in [4.78, 5) is 6.77. The molecule has 1 atom stereocenters. The number of hydrogen-bond donors (Lipinski definition) is 2. The third kappa shape index (κ3) is 3.46. The van der Waals surface area contributed by atoms with Gasteiger partial charge in [0.2, 0.25) is 0 Å². The van der Waals surface area contributed by atoms with Gasteiger partial charge < -0.3 is 15.1 Å².